The van der Waals surface area contributed by atoms with Crippen LogP contribution in [0.25, 0.3) is 11.3 Å². The van der Waals surface area contributed by atoms with Crippen molar-refractivity contribution >= 4 is 28.5 Å². The third-order valence-electron chi connectivity index (χ3n) is 4.25. The standard InChI is InChI=1S/C22H23N3O3S/c1-3-28-22(27)23-18(16-10-6-4-7-11-16)14-19(26)24-21-25-20(15(2)29-21)17-12-8-5-9-13-17/h4-13,18H,3,14H2,1-2H3,(H,23,27)(H,24,25,26)/t18-/m1/s1. The van der Waals surface area contributed by atoms with Gasteiger partial charge in [-0.05, 0) is 19.4 Å². The fourth-order valence-corrected chi connectivity index (χ4v) is 3.77. The van der Waals surface area contributed by atoms with Gasteiger partial charge < -0.3 is 15.4 Å². The van der Waals surface area contributed by atoms with E-state index >= 15 is 0 Å². The van der Waals surface area contributed by atoms with E-state index in [0.717, 1.165) is 21.7 Å². The van der Waals surface area contributed by atoms with Crippen LogP contribution < -0.4 is 10.6 Å². The van der Waals surface area contributed by atoms with Crippen molar-refractivity contribution in [3.63, 3.8) is 0 Å². The number of carbonyl (C=O) groups is 2. The van der Waals surface area contributed by atoms with E-state index in [1.807, 2.05) is 67.6 Å². The Kier molecular flexibility index (Phi) is 6.97. The van der Waals surface area contributed by atoms with Crippen LogP contribution in [0.3, 0.4) is 0 Å². The molecule has 7 heteroatoms. The van der Waals surface area contributed by atoms with Crippen LogP contribution >= 0.6 is 11.3 Å². The molecule has 0 spiro atoms. The number of hydrogen-bond acceptors (Lipinski definition) is 5. The molecule has 1 heterocycles. The monoisotopic (exact) mass is 409 g/mol. The van der Waals surface area contributed by atoms with Gasteiger partial charge in [0.15, 0.2) is 5.13 Å². The Morgan fingerprint density at radius 2 is 1.72 bits per heavy atom. The molecular weight excluding hydrogens is 386 g/mol. The number of benzene rings is 2. The molecule has 1 aromatic heterocycles. The highest BCUT2D eigenvalue weighted by molar-refractivity contribution is 7.16. The summed E-state index contributed by atoms with van der Waals surface area (Å²) in [5.74, 6) is -0.232. The summed E-state index contributed by atoms with van der Waals surface area (Å²) in [6.45, 7) is 3.98. The second kappa shape index (κ2) is 9.84. The Morgan fingerprint density at radius 1 is 1.07 bits per heavy atom. The SMILES string of the molecule is CCOC(=O)N[C@H](CC(=O)Nc1nc(-c2ccccc2)c(C)s1)c1ccccc1. The van der Waals surface area contributed by atoms with Crippen LogP contribution in [0.1, 0.15) is 29.8 Å². The van der Waals surface area contributed by atoms with Crippen LogP contribution in [-0.4, -0.2) is 23.6 Å². The number of thiazole rings is 1. The van der Waals surface area contributed by atoms with Gasteiger partial charge in [0.1, 0.15) is 0 Å². The molecule has 2 N–H and O–H groups in total. The summed E-state index contributed by atoms with van der Waals surface area (Å²) in [6.07, 6.45) is -0.479. The highest BCUT2D eigenvalue weighted by Crippen LogP contribution is 2.30. The quantitative estimate of drug-likeness (QED) is 0.579. The molecule has 6 nitrogen and oxygen atoms in total. The smallest absolute Gasteiger partial charge is 0.407 e. The molecule has 0 saturated carbocycles. The van der Waals surface area contributed by atoms with E-state index in [0.29, 0.717) is 5.13 Å². The zero-order chi connectivity index (χ0) is 20.6. The average molecular weight is 410 g/mol. The first-order valence-corrected chi connectivity index (χ1v) is 10.2. The first kappa shape index (κ1) is 20.5. The third kappa shape index (κ3) is 5.65. The number of aromatic nitrogens is 1. The lowest BCUT2D eigenvalue weighted by Crippen LogP contribution is -2.32. The molecule has 0 aliphatic rings. The summed E-state index contributed by atoms with van der Waals surface area (Å²) in [5.41, 5.74) is 2.69. The predicted octanol–water partition coefficient (Wildman–Crippen LogP) is 4.93. The van der Waals surface area contributed by atoms with Gasteiger partial charge in [-0.3, -0.25) is 4.79 Å². The van der Waals surface area contributed by atoms with Gasteiger partial charge in [0.2, 0.25) is 5.91 Å². The highest BCUT2D eigenvalue weighted by Gasteiger charge is 2.20. The van der Waals surface area contributed by atoms with E-state index in [9.17, 15) is 9.59 Å². The minimum Gasteiger partial charge on any atom is -0.450 e. The Bertz CT molecular complexity index is 958. The second-order valence-corrected chi connectivity index (χ2v) is 7.57. The molecule has 150 valence electrons. The number of carbonyl (C=O) groups excluding carboxylic acids is 2. The molecule has 0 fully saturated rings. The minimum atomic E-state index is -0.550. The average Bonchev–Trinajstić information content (AvgIpc) is 3.09. The molecule has 3 aromatic rings. The molecule has 0 aliphatic carbocycles. The van der Waals surface area contributed by atoms with Crippen molar-refractivity contribution in [1.29, 1.82) is 0 Å². The molecule has 0 unspecified atom stereocenters. The molecule has 0 aliphatic heterocycles. The first-order chi connectivity index (χ1) is 14.1. The number of ether oxygens (including phenoxy) is 1. The minimum absolute atomic E-state index is 0.0716. The van der Waals surface area contributed by atoms with Gasteiger partial charge in [0, 0.05) is 10.4 Å². The molecule has 0 bridgehead atoms. The lowest BCUT2D eigenvalue weighted by atomic mass is 10.0. The molecule has 2 amide bonds. The summed E-state index contributed by atoms with van der Waals surface area (Å²) >= 11 is 1.43. The molecule has 0 saturated heterocycles. The van der Waals surface area contributed by atoms with Gasteiger partial charge in [-0.2, -0.15) is 0 Å². The van der Waals surface area contributed by atoms with Crippen molar-refractivity contribution in [3.8, 4) is 11.3 Å². The van der Waals surface area contributed by atoms with Crippen molar-refractivity contribution in [2.45, 2.75) is 26.3 Å². The van der Waals surface area contributed by atoms with Crippen molar-refractivity contribution in [2.75, 3.05) is 11.9 Å². The van der Waals surface area contributed by atoms with E-state index in [1.54, 1.807) is 6.92 Å². The van der Waals surface area contributed by atoms with E-state index in [-0.39, 0.29) is 18.9 Å². The Hall–Kier alpha value is -3.19. The number of alkyl carbamates (subject to hydrolysis) is 1. The van der Waals surface area contributed by atoms with Gasteiger partial charge in [-0.1, -0.05) is 60.7 Å². The van der Waals surface area contributed by atoms with Gasteiger partial charge in [-0.15, -0.1) is 11.3 Å². The fraction of sp³-hybridized carbons (Fsp3) is 0.227. The summed E-state index contributed by atoms with van der Waals surface area (Å²) in [5, 5.41) is 6.15. The lowest BCUT2D eigenvalue weighted by molar-refractivity contribution is -0.116. The number of rotatable bonds is 7. The van der Waals surface area contributed by atoms with Crippen LogP contribution in [-0.2, 0) is 9.53 Å². The number of aryl methyl sites for hydroxylation is 1. The second-order valence-electron chi connectivity index (χ2n) is 6.37. The summed E-state index contributed by atoms with van der Waals surface area (Å²) < 4.78 is 4.97. The normalized spacial score (nSPS) is 11.5. The Morgan fingerprint density at radius 3 is 2.38 bits per heavy atom. The van der Waals surface area contributed by atoms with E-state index in [1.165, 1.54) is 11.3 Å². The van der Waals surface area contributed by atoms with E-state index in [4.69, 9.17) is 4.74 Å². The first-order valence-electron chi connectivity index (χ1n) is 9.37. The molecule has 2 aromatic carbocycles. The molecule has 3 rings (SSSR count). The topological polar surface area (TPSA) is 80.3 Å². The predicted molar refractivity (Wildman–Crippen MR) is 115 cm³/mol. The number of amides is 2. The zero-order valence-corrected chi connectivity index (χ0v) is 17.2. The Balaban J connectivity index is 1.71. The zero-order valence-electron chi connectivity index (χ0n) is 16.3. The maximum absolute atomic E-state index is 12.7. The van der Waals surface area contributed by atoms with Gasteiger partial charge >= 0.3 is 6.09 Å². The van der Waals surface area contributed by atoms with Gasteiger partial charge in [0.25, 0.3) is 0 Å². The lowest BCUT2D eigenvalue weighted by Gasteiger charge is -2.18. The van der Waals surface area contributed by atoms with E-state index in [2.05, 4.69) is 15.6 Å². The fourth-order valence-electron chi connectivity index (χ4n) is 2.92. The number of hydrogen-bond donors (Lipinski definition) is 2. The van der Waals surface area contributed by atoms with Gasteiger partial charge in [-0.25, -0.2) is 9.78 Å². The number of anilines is 1. The van der Waals surface area contributed by atoms with Crippen molar-refractivity contribution in [1.82, 2.24) is 10.3 Å². The molecule has 0 radical (unpaired) electrons. The Labute approximate surface area is 173 Å². The highest BCUT2D eigenvalue weighted by atomic mass is 32.1. The molecular formula is C22H23N3O3S. The van der Waals surface area contributed by atoms with Crippen molar-refractivity contribution in [2.24, 2.45) is 0 Å². The van der Waals surface area contributed by atoms with Crippen LogP contribution in [0, 0.1) is 6.92 Å². The summed E-state index contributed by atoms with van der Waals surface area (Å²) in [4.78, 5) is 30.1. The number of nitrogens with zero attached hydrogens (tertiary/aromatic N) is 1. The van der Waals surface area contributed by atoms with Crippen LogP contribution in [0.5, 0.6) is 0 Å². The van der Waals surface area contributed by atoms with E-state index < -0.39 is 12.1 Å². The van der Waals surface area contributed by atoms with Crippen LogP contribution in [0.4, 0.5) is 9.93 Å². The third-order valence-corrected chi connectivity index (χ3v) is 5.14. The van der Waals surface area contributed by atoms with Gasteiger partial charge in [0.05, 0.1) is 24.8 Å². The van der Waals surface area contributed by atoms with Crippen molar-refractivity contribution < 1.29 is 14.3 Å². The molecule has 1 atom stereocenters. The maximum atomic E-state index is 12.7. The maximum Gasteiger partial charge on any atom is 0.407 e. The van der Waals surface area contributed by atoms with Crippen LogP contribution in [0.2, 0.25) is 0 Å². The summed E-state index contributed by atoms with van der Waals surface area (Å²) in [7, 11) is 0. The number of nitrogens with one attached hydrogen (secondary N) is 2. The van der Waals surface area contributed by atoms with Crippen LogP contribution in [0.15, 0.2) is 60.7 Å². The molecule has 29 heavy (non-hydrogen) atoms. The van der Waals surface area contributed by atoms with Crippen molar-refractivity contribution in [3.05, 3.63) is 71.1 Å². The largest absolute Gasteiger partial charge is 0.450 e. The summed E-state index contributed by atoms with van der Waals surface area (Å²) in [6, 6.07) is 18.7.